The second-order valence-corrected chi connectivity index (χ2v) is 7.98. The summed E-state index contributed by atoms with van der Waals surface area (Å²) in [6.07, 6.45) is -2.24. The van der Waals surface area contributed by atoms with Gasteiger partial charge in [-0.2, -0.15) is 4.98 Å². The Labute approximate surface area is 206 Å². The molecular formula is C26H26F2N2O6. The maximum atomic E-state index is 15.3. The number of benzene rings is 2. The number of esters is 1. The van der Waals surface area contributed by atoms with E-state index >= 15 is 8.78 Å². The van der Waals surface area contributed by atoms with E-state index in [1.54, 1.807) is 12.1 Å². The van der Waals surface area contributed by atoms with Crippen LogP contribution < -0.4 is 15.2 Å². The smallest absolute Gasteiger partial charge is 0.344 e. The molecule has 36 heavy (non-hydrogen) atoms. The summed E-state index contributed by atoms with van der Waals surface area (Å²) in [5.74, 6) is -6.13. The molecule has 2 aromatic carbocycles. The topological polar surface area (TPSA) is 121 Å². The number of hydrogen-bond acceptors (Lipinski definition) is 7. The molecule has 0 aliphatic carbocycles. The third kappa shape index (κ3) is 6.14. The maximum Gasteiger partial charge on any atom is 0.344 e. The fourth-order valence-corrected chi connectivity index (χ4v) is 3.47. The fraction of sp³-hybridized carbons (Fsp3) is 0.269. The number of methoxy groups -OCH3 is 1. The highest BCUT2D eigenvalue weighted by Gasteiger charge is 2.28. The number of aryl methyl sites for hydroxylation is 1. The van der Waals surface area contributed by atoms with Gasteiger partial charge in [0, 0.05) is 12.1 Å². The number of hydrogen-bond donors (Lipinski definition) is 2. The van der Waals surface area contributed by atoms with Crippen LogP contribution in [0.1, 0.15) is 30.0 Å². The molecule has 0 spiro atoms. The van der Waals surface area contributed by atoms with Crippen LogP contribution >= 0.6 is 0 Å². The van der Waals surface area contributed by atoms with Crippen molar-refractivity contribution in [2.24, 2.45) is 5.73 Å². The van der Waals surface area contributed by atoms with E-state index < -0.39 is 53.4 Å². The van der Waals surface area contributed by atoms with Crippen molar-refractivity contribution >= 4 is 11.9 Å². The Bertz CT molecular complexity index is 1280. The molecule has 1 atom stereocenters. The van der Waals surface area contributed by atoms with Crippen LogP contribution in [-0.4, -0.2) is 35.2 Å². The first-order valence-corrected chi connectivity index (χ1v) is 11.1. The van der Waals surface area contributed by atoms with Crippen LogP contribution in [0.5, 0.6) is 17.5 Å². The standard InChI is InChI=1S/C26H26F2N2O6/c1-4-20(26(32)33)36-25-23(28)19(12-21(31)34-3)22(27)24(30-25)35-18-9-14(2)8-17(11-18)16-7-5-6-15(10-16)13-29/h5-11,20H,4,12-13,29H2,1-3H3,(H,32,33). The molecule has 10 heteroatoms. The number of carbonyl (C=O) groups excluding carboxylic acids is 1. The summed E-state index contributed by atoms with van der Waals surface area (Å²) in [5, 5.41) is 9.28. The Kier molecular flexibility index (Phi) is 8.55. The minimum Gasteiger partial charge on any atom is -0.479 e. The van der Waals surface area contributed by atoms with Gasteiger partial charge in [-0.05, 0) is 53.8 Å². The van der Waals surface area contributed by atoms with Crippen molar-refractivity contribution < 1.29 is 37.7 Å². The zero-order valence-corrected chi connectivity index (χ0v) is 20.0. The van der Waals surface area contributed by atoms with Crippen molar-refractivity contribution in [1.82, 2.24) is 4.98 Å². The predicted molar refractivity (Wildman–Crippen MR) is 127 cm³/mol. The summed E-state index contributed by atoms with van der Waals surface area (Å²) >= 11 is 0. The molecule has 0 amide bonds. The molecule has 0 aliphatic rings. The van der Waals surface area contributed by atoms with E-state index in [1.165, 1.54) is 6.92 Å². The van der Waals surface area contributed by atoms with E-state index in [9.17, 15) is 14.7 Å². The molecule has 3 N–H and O–H groups in total. The molecule has 3 rings (SSSR count). The minimum absolute atomic E-state index is 0.0144. The van der Waals surface area contributed by atoms with Gasteiger partial charge in [-0.15, -0.1) is 0 Å². The lowest BCUT2D eigenvalue weighted by molar-refractivity contribution is -0.145. The number of aliphatic carboxylic acids is 1. The number of nitrogens with two attached hydrogens (primary N) is 1. The number of pyridine rings is 1. The summed E-state index contributed by atoms with van der Waals surface area (Å²) in [6, 6.07) is 12.7. The van der Waals surface area contributed by atoms with Crippen molar-refractivity contribution in [2.45, 2.75) is 39.3 Å². The molecule has 1 aromatic heterocycles. The Morgan fingerprint density at radius 2 is 1.81 bits per heavy atom. The largest absolute Gasteiger partial charge is 0.479 e. The number of rotatable bonds is 10. The van der Waals surface area contributed by atoms with E-state index in [4.69, 9.17) is 15.2 Å². The van der Waals surface area contributed by atoms with Crippen molar-refractivity contribution in [1.29, 1.82) is 0 Å². The van der Waals surface area contributed by atoms with Crippen LogP contribution in [0.4, 0.5) is 8.78 Å². The monoisotopic (exact) mass is 500 g/mol. The molecule has 1 unspecified atom stereocenters. The highest BCUT2D eigenvalue weighted by Crippen LogP contribution is 2.34. The Hall–Kier alpha value is -4.05. The number of carboxylic acids is 1. The van der Waals surface area contributed by atoms with Gasteiger partial charge in [0.05, 0.1) is 13.5 Å². The maximum absolute atomic E-state index is 15.3. The lowest BCUT2D eigenvalue weighted by atomic mass is 10.0. The van der Waals surface area contributed by atoms with Gasteiger partial charge in [-0.25, -0.2) is 13.6 Å². The minimum atomic E-state index is -1.45. The molecule has 0 bridgehead atoms. The first-order valence-electron chi connectivity index (χ1n) is 11.1. The highest BCUT2D eigenvalue weighted by atomic mass is 19.1. The Morgan fingerprint density at radius 1 is 1.08 bits per heavy atom. The van der Waals surface area contributed by atoms with E-state index in [0.717, 1.165) is 29.4 Å². The number of ether oxygens (including phenoxy) is 3. The molecule has 0 saturated heterocycles. The van der Waals surface area contributed by atoms with Gasteiger partial charge in [0.15, 0.2) is 17.7 Å². The number of carbonyl (C=O) groups is 2. The van der Waals surface area contributed by atoms with Crippen molar-refractivity contribution in [2.75, 3.05) is 7.11 Å². The van der Waals surface area contributed by atoms with Gasteiger partial charge >= 0.3 is 11.9 Å². The summed E-state index contributed by atoms with van der Waals surface area (Å²) in [5.41, 5.74) is 8.33. The summed E-state index contributed by atoms with van der Waals surface area (Å²) < 4.78 is 45.7. The van der Waals surface area contributed by atoms with E-state index in [-0.39, 0.29) is 12.2 Å². The molecule has 3 aromatic rings. The third-order valence-electron chi connectivity index (χ3n) is 5.32. The average molecular weight is 500 g/mol. The molecule has 1 heterocycles. The van der Waals surface area contributed by atoms with E-state index in [1.807, 2.05) is 37.3 Å². The number of halogens is 2. The van der Waals surface area contributed by atoms with Crippen LogP contribution in [0.15, 0.2) is 42.5 Å². The summed E-state index contributed by atoms with van der Waals surface area (Å²) in [7, 11) is 1.07. The number of carboxylic acid groups (broad SMARTS) is 1. The second kappa shape index (κ2) is 11.6. The molecule has 0 aliphatic heterocycles. The van der Waals surface area contributed by atoms with Crippen LogP contribution in [0.3, 0.4) is 0 Å². The summed E-state index contributed by atoms with van der Waals surface area (Å²) in [6.45, 7) is 3.68. The first kappa shape index (κ1) is 26.6. The van der Waals surface area contributed by atoms with Crippen molar-refractivity contribution in [3.8, 4) is 28.6 Å². The first-order chi connectivity index (χ1) is 17.2. The van der Waals surface area contributed by atoms with Gasteiger partial charge in [0.1, 0.15) is 5.75 Å². The molecular weight excluding hydrogens is 474 g/mol. The molecule has 190 valence electrons. The van der Waals surface area contributed by atoms with Crippen molar-refractivity contribution in [3.63, 3.8) is 0 Å². The van der Waals surface area contributed by atoms with E-state index in [0.29, 0.717) is 6.54 Å². The van der Waals surface area contributed by atoms with Crippen LogP contribution in [0.2, 0.25) is 0 Å². The normalized spacial score (nSPS) is 11.6. The molecule has 8 nitrogen and oxygen atoms in total. The lowest BCUT2D eigenvalue weighted by Crippen LogP contribution is -2.27. The molecule has 0 saturated carbocycles. The zero-order chi connectivity index (χ0) is 26.4. The average Bonchev–Trinajstić information content (AvgIpc) is 2.86. The quantitative estimate of drug-likeness (QED) is 0.389. The van der Waals surface area contributed by atoms with Gasteiger partial charge in [-0.1, -0.05) is 31.2 Å². The lowest BCUT2D eigenvalue weighted by Gasteiger charge is -2.17. The van der Waals surface area contributed by atoms with E-state index in [2.05, 4.69) is 9.72 Å². The van der Waals surface area contributed by atoms with Gasteiger partial charge in [-0.3, -0.25) is 4.79 Å². The van der Waals surface area contributed by atoms with Gasteiger partial charge in [0.2, 0.25) is 0 Å². The SMILES string of the molecule is CCC(Oc1nc(Oc2cc(C)cc(-c3cccc(CN)c3)c2)c(F)c(CC(=O)OC)c1F)C(=O)O. The van der Waals surface area contributed by atoms with Crippen LogP contribution in [-0.2, 0) is 27.3 Å². The van der Waals surface area contributed by atoms with Crippen molar-refractivity contribution in [3.05, 3.63) is 70.8 Å². The highest BCUT2D eigenvalue weighted by molar-refractivity contribution is 5.74. The zero-order valence-electron chi connectivity index (χ0n) is 20.0. The molecule has 0 radical (unpaired) electrons. The number of aromatic nitrogens is 1. The van der Waals surface area contributed by atoms with Gasteiger partial charge in [0.25, 0.3) is 11.8 Å². The predicted octanol–water partition coefficient (Wildman–Crippen LogP) is 4.54. The number of nitrogens with zero attached hydrogens (tertiary/aromatic N) is 1. The molecule has 0 fully saturated rings. The van der Waals surface area contributed by atoms with Crippen LogP contribution in [0, 0.1) is 18.6 Å². The Balaban J connectivity index is 2.08. The Morgan fingerprint density at radius 3 is 2.44 bits per heavy atom. The fourth-order valence-electron chi connectivity index (χ4n) is 3.47. The van der Waals surface area contributed by atoms with Gasteiger partial charge < -0.3 is 25.1 Å². The second-order valence-electron chi connectivity index (χ2n) is 7.98. The third-order valence-corrected chi connectivity index (χ3v) is 5.32. The summed E-state index contributed by atoms with van der Waals surface area (Å²) in [4.78, 5) is 26.9. The van der Waals surface area contributed by atoms with Crippen LogP contribution in [0.25, 0.3) is 11.1 Å².